The van der Waals surface area contributed by atoms with E-state index in [1.165, 1.54) is 10.4 Å². The molecule has 2 aromatic rings. The second-order valence-corrected chi connectivity index (χ2v) is 9.50. The van der Waals surface area contributed by atoms with Crippen molar-refractivity contribution in [2.75, 3.05) is 33.3 Å². The Bertz CT molecular complexity index is 989. The van der Waals surface area contributed by atoms with E-state index >= 15 is 0 Å². The zero-order chi connectivity index (χ0) is 21.7. The van der Waals surface area contributed by atoms with Gasteiger partial charge in [0.2, 0.25) is 15.9 Å². The molecule has 1 heterocycles. The van der Waals surface area contributed by atoms with Crippen LogP contribution in [0.4, 0.5) is 0 Å². The van der Waals surface area contributed by atoms with Crippen LogP contribution in [0.25, 0.3) is 6.08 Å². The van der Waals surface area contributed by atoms with Crippen LogP contribution in [0.3, 0.4) is 0 Å². The van der Waals surface area contributed by atoms with Crippen LogP contribution in [0.5, 0.6) is 5.75 Å². The standard InChI is InChI=1S/C23H28N2O4S/c1-18(2)20-7-11-22(12-8-20)30(27,28)25-16-14-24(15-17-25)23(26)13-6-19-4-9-21(29-3)10-5-19/h4-13,18H,14-17H2,1-3H3/b13-6+. The third-order valence-electron chi connectivity index (χ3n) is 5.27. The summed E-state index contributed by atoms with van der Waals surface area (Å²) in [5.74, 6) is 0.987. The maximum atomic E-state index is 12.9. The highest BCUT2D eigenvalue weighted by Gasteiger charge is 2.29. The summed E-state index contributed by atoms with van der Waals surface area (Å²) in [4.78, 5) is 14.4. The number of amides is 1. The number of hydrogen-bond donors (Lipinski definition) is 0. The number of sulfonamides is 1. The Morgan fingerprint density at radius 2 is 1.57 bits per heavy atom. The lowest BCUT2D eigenvalue weighted by Gasteiger charge is -2.33. The van der Waals surface area contributed by atoms with Crippen LogP contribution in [-0.2, 0) is 14.8 Å². The van der Waals surface area contributed by atoms with Gasteiger partial charge < -0.3 is 9.64 Å². The number of benzene rings is 2. The molecular weight excluding hydrogens is 400 g/mol. The Kier molecular flexibility index (Phi) is 6.95. The summed E-state index contributed by atoms with van der Waals surface area (Å²) in [7, 11) is -1.94. The number of methoxy groups -OCH3 is 1. The molecule has 0 aliphatic carbocycles. The van der Waals surface area contributed by atoms with Gasteiger partial charge in [0, 0.05) is 32.3 Å². The molecule has 0 unspecified atom stereocenters. The summed E-state index contributed by atoms with van der Waals surface area (Å²) in [6.07, 6.45) is 3.28. The summed E-state index contributed by atoms with van der Waals surface area (Å²) >= 11 is 0. The molecule has 0 atom stereocenters. The Labute approximate surface area is 178 Å². The summed E-state index contributed by atoms with van der Waals surface area (Å²) in [6.45, 7) is 5.46. The molecule has 1 amide bonds. The van der Waals surface area contributed by atoms with E-state index < -0.39 is 10.0 Å². The Morgan fingerprint density at radius 1 is 0.967 bits per heavy atom. The van der Waals surface area contributed by atoms with Crippen molar-refractivity contribution < 1.29 is 17.9 Å². The van der Waals surface area contributed by atoms with E-state index in [1.807, 2.05) is 36.4 Å². The van der Waals surface area contributed by atoms with Gasteiger partial charge in [-0.25, -0.2) is 8.42 Å². The van der Waals surface area contributed by atoms with Crippen LogP contribution in [0.15, 0.2) is 59.5 Å². The lowest BCUT2D eigenvalue weighted by molar-refractivity contribution is -0.127. The minimum Gasteiger partial charge on any atom is -0.497 e. The number of carbonyl (C=O) groups excluding carboxylic acids is 1. The largest absolute Gasteiger partial charge is 0.497 e. The van der Waals surface area contributed by atoms with Crippen molar-refractivity contribution in [2.24, 2.45) is 0 Å². The molecule has 0 saturated carbocycles. The lowest BCUT2D eigenvalue weighted by Crippen LogP contribution is -2.50. The molecular formula is C23H28N2O4S. The van der Waals surface area contributed by atoms with E-state index in [9.17, 15) is 13.2 Å². The Hall–Kier alpha value is -2.64. The first-order valence-electron chi connectivity index (χ1n) is 10.0. The normalized spacial score (nSPS) is 15.7. The monoisotopic (exact) mass is 428 g/mol. The number of ether oxygens (including phenoxy) is 1. The highest BCUT2D eigenvalue weighted by atomic mass is 32.2. The number of nitrogens with zero attached hydrogens (tertiary/aromatic N) is 2. The molecule has 0 radical (unpaired) electrons. The van der Waals surface area contributed by atoms with E-state index in [0.29, 0.717) is 23.9 Å². The minimum absolute atomic E-state index is 0.121. The fourth-order valence-electron chi connectivity index (χ4n) is 3.31. The van der Waals surface area contributed by atoms with Gasteiger partial charge in [-0.3, -0.25) is 4.79 Å². The van der Waals surface area contributed by atoms with E-state index in [4.69, 9.17) is 4.74 Å². The molecule has 0 N–H and O–H groups in total. The molecule has 7 heteroatoms. The lowest BCUT2D eigenvalue weighted by atomic mass is 10.0. The molecule has 3 rings (SSSR count). The number of rotatable bonds is 6. The summed E-state index contributed by atoms with van der Waals surface area (Å²) < 4.78 is 32.4. The fourth-order valence-corrected chi connectivity index (χ4v) is 4.73. The highest BCUT2D eigenvalue weighted by molar-refractivity contribution is 7.89. The zero-order valence-corrected chi connectivity index (χ0v) is 18.4. The van der Waals surface area contributed by atoms with E-state index in [0.717, 1.165) is 16.9 Å². The highest BCUT2D eigenvalue weighted by Crippen LogP contribution is 2.21. The summed E-state index contributed by atoms with van der Waals surface area (Å²) in [5.41, 5.74) is 2.00. The van der Waals surface area contributed by atoms with Crippen molar-refractivity contribution in [3.05, 3.63) is 65.7 Å². The van der Waals surface area contributed by atoms with Gasteiger partial charge in [-0.2, -0.15) is 4.31 Å². The van der Waals surface area contributed by atoms with E-state index in [2.05, 4.69) is 13.8 Å². The van der Waals surface area contributed by atoms with E-state index in [1.54, 1.807) is 30.2 Å². The first-order chi connectivity index (χ1) is 14.3. The number of carbonyl (C=O) groups is 1. The van der Waals surface area contributed by atoms with Crippen LogP contribution >= 0.6 is 0 Å². The van der Waals surface area contributed by atoms with Gasteiger partial charge in [-0.15, -0.1) is 0 Å². The predicted molar refractivity (Wildman–Crippen MR) is 118 cm³/mol. The van der Waals surface area contributed by atoms with E-state index in [-0.39, 0.29) is 19.0 Å². The molecule has 2 aromatic carbocycles. The molecule has 1 fully saturated rings. The molecule has 6 nitrogen and oxygen atoms in total. The van der Waals surface area contributed by atoms with Crippen LogP contribution in [0, 0.1) is 0 Å². The third kappa shape index (κ3) is 5.09. The maximum Gasteiger partial charge on any atom is 0.246 e. The van der Waals surface area contributed by atoms with Gasteiger partial charge in [0.25, 0.3) is 0 Å². The van der Waals surface area contributed by atoms with Gasteiger partial charge in [-0.05, 0) is 47.4 Å². The third-order valence-corrected chi connectivity index (χ3v) is 7.18. The summed E-state index contributed by atoms with van der Waals surface area (Å²) in [5, 5.41) is 0. The van der Waals surface area contributed by atoms with Crippen LogP contribution in [0.2, 0.25) is 0 Å². The zero-order valence-electron chi connectivity index (χ0n) is 17.6. The van der Waals surface area contributed by atoms with Crippen LogP contribution in [-0.4, -0.2) is 56.8 Å². The average molecular weight is 429 g/mol. The molecule has 30 heavy (non-hydrogen) atoms. The molecule has 0 bridgehead atoms. The first kappa shape index (κ1) is 22.1. The predicted octanol–water partition coefficient (Wildman–Crippen LogP) is 3.36. The molecule has 160 valence electrons. The van der Waals surface area contributed by atoms with Crippen LogP contribution in [0.1, 0.15) is 30.9 Å². The van der Waals surface area contributed by atoms with Gasteiger partial charge in [-0.1, -0.05) is 38.1 Å². The maximum absolute atomic E-state index is 12.9. The van der Waals surface area contributed by atoms with Gasteiger partial charge in [0.05, 0.1) is 12.0 Å². The molecule has 0 aromatic heterocycles. The first-order valence-corrected chi connectivity index (χ1v) is 11.5. The van der Waals surface area contributed by atoms with Gasteiger partial charge in [0.1, 0.15) is 5.75 Å². The van der Waals surface area contributed by atoms with Crippen molar-refractivity contribution in [1.82, 2.24) is 9.21 Å². The number of hydrogen-bond acceptors (Lipinski definition) is 4. The second-order valence-electron chi connectivity index (χ2n) is 7.56. The topological polar surface area (TPSA) is 66.9 Å². The average Bonchev–Trinajstić information content (AvgIpc) is 2.78. The quantitative estimate of drug-likeness (QED) is 0.662. The minimum atomic E-state index is -3.55. The second kappa shape index (κ2) is 9.45. The number of piperazine rings is 1. The van der Waals surface area contributed by atoms with Gasteiger partial charge in [0.15, 0.2) is 0 Å². The molecule has 1 aliphatic heterocycles. The van der Waals surface area contributed by atoms with Crippen LogP contribution < -0.4 is 4.74 Å². The summed E-state index contributed by atoms with van der Waals surface area (Å²) in [6, 6.07) is 14.5. The van der Waals surface area contributed by atoms with Crippen molar-refractivity contribution in [3.63, 3.8) is 0 Å². The smallest absolute Gasteiger partial charge is 0.246 e. The molecule has 1 aliphatic rings. The van der Waals surface area contributed by atoms with Crippen molar-refractivity contribution in [3.8, 4) is 5.75 Å². The van der Waals surface area contributed by atoms with Gasteiger partial charge >= 0.3 is 0 Å². The Morgan fingerprint density at radius 3 is 2.10 bits per heavy atom. The molecule has 1 saturated heterocycles. The molecule has 0 spiro atoms. The van der Waals surface area contributed by atoms with Crippen molar-refractivity contribution >= 4 is 22.0 Å². The van der Waals surface area contributed by atoms with Crippen molar-refractivity contribution in [1.29, 1.82) is 0 Å². The van der Waals surface area contributed by atoms with Crippen molar-refractivity contribution in [2.45, 2.75) is 24.7 Å². The Balaban J connectivity index is 1.59. The SMILES string of the molecule is COc1ccc(/C=C/C(=O)N2CCN(S(=O)(=O)c3ccc(C(C)C)cc3)CC2)cc1. The fraction of sp³-hybridized carbons (Fsp3) is 0.348.